The zero-order valence-electron chi connectivity index (χ0n) is 16.7. The van der Waals surface area contributed by atoms with Crippen LogP contribution in [-0.2, 0) is 14.8 Å². The monoisotopic (exact) mass is 442 g/mol. The van der Waals surface area contributed by atoms with Gasteiger partial charge in [0, 0.05) is 17.1 Å². The summed E-state index contributed by atoms with van der Waals surface area (Å²) in [7, 11) is -3.80. The number of amides is 1. The van der Waals surface area contributed by atoms with E-state index in [1.165, 1.54) is 0 Å². The molecule has 0 aliphatic carbocycles. The first-order valence-electron chi connectivity index (χ1n) is 9.44. The van der Waals surface area contributed by atoms with Crippen LogP contribution in [0.5, 0.6) is 0 Å². The van der Waals surface area contributed by atoms with Crippen LogP contribution < -0.4 is 10.0 Å². The third-order valence-corrected chi connectivity index (χ3v) is 6.41. The van der Waals surface area contributed by atoms with Gasteiger partial charge >= 0.3 is 0 Å². The Balaban J connectivity index is 1.82. The van der Waals surface area contributed by atoms with E-state index in [9.17, 15) is 13.2 Å². The molecule has 0 saturated heterocycles. The minimum Gasteiger partial charge on any atom is -0.326 e. The lowest BCUT2D eigenvalue weighted by Crippen LogP contribution is -2.31. The molecule has 0 spiro atoms. The van der Waals surface area contributed by atoms with E-state index in [1.807, 2.05) is 32.0 Å². The maximum atomic E-state index is 12.9. The second kappa shape index (κ2) is 9.43. The number of hydrogen-bond acceptors (Lipinski definition) is 3. The van der Waals surface area contributed by atoms with Crippen LogP contribution in [0, 0.1) is 13.8 Å². The number of nitrogens with one attached hydrogen (secondary N) is 2. The van der Waals surface area contributed by atoms with E-state index in [1.54, 1.807) is 54.6 Å². The van der Waals surface area contributed by atoms with Gasteiger partial charge in [-0.25, -0.2) is 13.1 Å². The third kappa shape index (κ3) is 5.69. The van der Waals surface area contributed by atoms with E-state index >= 15 is 0 Å². The highest BCUT2D eigenvalue weighted by atomic mass is 35.5. The molecule has 0 unspecified atom stereocenters. The van der Waals surface area contributed by atoms with E-state index in [4.69, 9.17) is 11.6 Å². The summed E-state index contributed by atoms with van der Waals surface area (Å²) in [6, 6.07) is 20.1. The predicted octanol–water partition coefficient (Wildman–Crippen LogP) is 5.01. The average molecular weight is 443 g/mol. The molecule has 1 atom stereocenters. The summed E-state index contributed by atoms with van der Waals surface area (Å²) in [4.78, 5) is 12.9. The number of anilines is 1. The zero-order chi connectivity index (χ0) is 21.7. The number of sulfonamides is 1. The molecule has 0 bridgehead atoms. The van der Waals surface area contributed by atoms with Crippen molar-refractivity contribution >= 4 is 33.2 Å². The van der Waals surface area contributed by atoms with Crippen molar-refractivity contribution in [3.63, 3.8) is 0 Å². The SMILES string of the molecule is Cc1ccc(S(=O)(=O)N[C@@H](CC(=O)Nc2ccc(Cl)cc2C)c2ccccc2)cc1. The van der Waals surface area contributed by atoms with Crippen molar-refractivity contribution in [1.82, 2.24) is 4.72 Å². The summed E-state index contributed by atoms with van der Waals surface area (Å²) in [5.41, 5.74) is 3.13. The Morgan fingerprint density at radius 1 is 0.967 bits per heavy atom. The molecule has 0 fully saturated rings. The predicted molar refractivity (Wildman–Crippen MR) is 120 cm³/mol. The molecular formula is C23H23ClN2O3S. The summed E-state index contributed by atoms with van der Waals surface area (Å²) in [6.07, 6.45) is -0.0584. The van der Waals surface area contributed by atoms with Crippen molar-refractivity contribution in [3.8, 4) is 0 Å². The van der Waals surface area contributed by atoms with Crippen molar-refractivity contribution in [2.45, 2.75) is 31.2 Å². The number of halogens is 1. The number of benzene rings is 3. The molecule has 156 valence electrons. The highest BCUT2D eigenvalue weighted by Crippen LogP contribution is 2.23. The lowest BCUT2D eigenvalue weighted by molar-refractivity contribution is -0.116. The normalized spacial score (nSPS) is 12.4. The van der Waals surface area contributed by atoms with Gasteiger partial charge in [-0.15, -0.1) is 0 Å². The summed E-state index contributed by atoms with van der Waals surface area (Å²) in [6.45, 7) is 3.73. The van der Waals surface area contributed by atoms with E-state index in [0.717, 1.165) is 11.1 Å². The van der Waals surface area contributed by atoms with Crippen molar-refractivity contribution in [1.29, 1.82) is 0 Å². The third-order valence-electron chi connectivity index (χ3n) is 4.68. The lowest BCUT2D eigenvalue weighted by atomic mass is 10.0. The standard InChI is InChI=1S/C23H23ClN2O3S/c1-16-8-11-20(12-9-16)30(28,29)26-22(18-6-4-3-5-7-18)15-23(27)25-21-13-10-19(24)14-17(21)2/h3-14,22,26H,15H2,1-2H3,(H,25,27)/t22-/m0/s1. The smallest absolute Gasteiger partial charge is 0.241 e. The van der Waals surface area contributed by atoms with Crippen LogP contribution in [0.2, 0.25) is 5.02 Å². The van der Waals surface area contributed by atoms with Gasteiger partial charge in [0.1, 0.15) is 0 Å². The van der Waals surface area contributed by atoms with Crippen LogP contribution in [0.1, 0.15) is 29.2 Å². The van der Waals surface area contributed by atoms with Gasteiger partial charge in [-0.05, 0) is 55.3 Å². The van der Waals surface area contributed by atoms with Gasteiger partial charge in [-0.1, -0.05) is 59.6 Å². The van der Waals surface area contributed by atoms with E-state index in [-0.39, 0.29) is 17.2 Å². The molecule has 3 aromatic carbocycles. The molecule has 3 aromatic rings. The maximum Gasteiger partial charge on any atom is 0.241 e. The second-order valence-corrected chi connectivity index (χ2v) is 9.26. The Morgan fingerprint density at radius 3 is 2.27 bits per heavy atom. The van der Waals surface area contributed by atoms with Crippen LogP contribution in [0.15, 0.2) is 77.7 Å². The minimum absolute atomic E-state index is 0.0584. The van der Waals surface area contributed by atoms with E-state index in [2.05, 4.69) is 10.0 Å². The van der Waals surface area contributed by atoms with E-state index in [0.29, 0.717) is 16.3 Å². The highest BCUT2D eigenvalue weighted by molar-refractivity contribution is 7.89. The zero-order valence-corrected chi connectivity index (χ0v) is 18.3. The Bertz CT molecular complexity index is 1130. The Hall–Kier alpha value is -2.67. The molecule has 0 heterocycles. The fraction of sp³-hybridized carbons (Fsp3) is 0.174. The maximum absolute atomic E-state index is 12.9. The number of carbonyl (C=O) groups is 1. The molecule has 5 nitrogen and oxygen atoms in total. The Labute approximate surface area is 182 Å². The van der Waals surface area contributed by atoms with Gasteiger partial charge in [0.25, 0.3) is 0 Å². The van der Waals surface area contributed by atoms with Crippen molar-refractivity contribution in [2.75, 3.05) is 5.32 Å². The second-order valence-electron chi connectivity index (χ2n) is 7.11. The largest absolute Gasteiger partial charge is 0.326 e. The molecule has 0 radical (unpaired) electrons. The van der Waals surface area contributed by atoms with Crippen LogP contribution >= 0.6 is 11.6 Å². The first kappa shape index (κ1) is 22.0. The summed E-state index contributed by atoms with van der Waals surface area (Å²) in [5.74, 6) is -0.305. The van der Waals surface area contributed by atoms with Crippen LogP contribution in [0.25, 0.3) is 0 Å². The molecule has 7 heteroatoms. The van der Waals surface area contributed by atoms with Crippen LogP contribution in [-0.4, -0.2) is 14.3 Å². The van der Waals surface area contributed by atoms with Gasteiger partial charge < -0.3 is 5.32 Å². The van der Waals surface area contributed by atoms with Gasteiger partial charge in [0.15, 0.2) is 0 Å². The van der Waals surface area contributed by atoms with Crippen LogP contribution in [0.4, 0.5) is 5.69 Å². The molecule has 1 amide bonds. The van der Waals surface area contributed by atoms with Crippen LogP contribution in [0.3, 0.4) is 0 Å². The fourth-order valence-electron chi connectivity index (χ4n) is 3.04. The Morgan fingerprint density at radius 2 is 1.63 bits per heavy atom. The number of hydrogen-bond donors (Lipinski definition) is 2. The molecule has 3 rings (SSSR count). The number of rotatable bonds is 7. The molecule has 30 heavy (non-hydrogen) atoms. The molecule has 0 aromatic heterocycles. The van der Waals surface area contributed by atoms with Gasteiger partial charge in [-0.3, -0.25) is 4.79 Å². The summed E-state index contributed by atoms with van der Waals surface area (Å²) >= 11 is 5.97. The minimum atomic E-state index is -3.80. The van der Waals surface area contributed by atoms with Crippen molar-refractivity contribution in [2.24, 2.45) is 0 Å². The highest BCUT2D eigenvalue weighted by Gasteiger charge is 2.24. The summed E-state index contributed by atoms with van der Waals surface area (Å²) in [5, 5.41) is 3.42. The summed E-state index contributed by atoms with van der Waals surface area (Å²) < 4.78 is 28.5. The number of carbonyl (C=O) groups excluding carboxylic acids is 1. The lowest BCUT2D eigenvalue weighted by Gasteiger charge is -2.19. The molecule has 0 aliphatic heterocycles. The molecular weight excluding hydrogens is 420 g/mol. The molecule has 0 aliphatic rings. The van der Waals surface area contributed by atoms with Gasteiger partial charge in [0.05, 0.1) is 10.9 Å². The average Bonchev–Trinajstić information content (AvgIpc) is 2.70. The topological polar surface area (TPSA) is 75.3 Å². The fourth-order valence-corrected chi connectivity index (χ4v) is 4.49. The van der Waals surface area contributed by atoms with E-state index < -0.39 is 16.1 Å². The number of aryl methyl sites for hydroxylation is 2. The van der Waals surface area contributed by atoms with Crippen molar-refractivity contribution in [3.05, 3.63) is 94.5 Å². The Kier molecular flexibility index (Phi) is 6.92. The van der Waals surface area contributed by atoms with Gasteiger partial charge in [-0.2, -0.15) is 0 Å². The van der Waals surface area contributed by atoms with Crippen molar-refractivity contribution < 1.29 is 13.2 Å². The first-order valence-corrected chi connectivity index (χ1v) is 11.3. The molecule has 2 N–H and O–H groups in total. The molecule has 0 saturated carbocycles. The quantitative estimate of drug-likeness (QED) is 0.540. The van der Waals surface area contributed by atoms with Gasteiger partial charge in [0.2, 0.25) is 15.9 Å². The first-order chi connectivity index (χ1) is 14.2.